The van der Waals surface area contributed by atoms with Gasteiger partial charge in [-0.15, -0.1) is 0 Å². The van der Waals surface area contributed by atoms with Crippen molar-refractivity contribution >= 4 is 15.9 Å². The highest BCUT2D eigenvalue weighted by Crippen LogP contribution is 2.22. The number of benzene rings is 1. The molecule has 0 saturated carbocycles. The van der Waals surface area contributed by atoms with Crippen molar-refractivity contribution in [1.82, 2.24) is 4.72 Å². The Morgan fingerprint density at radius 2 is 1.87 bits per heavy atom. The summed E-state index contributed by atoms with van der Waals surface area (Å²) in [5.74, 6) is -0.105. The van der Waals surface area contributed by atoms with Crippen LogP contribution in [-0.4, -0.2) is 19.6 Å². The van der Waals surface area contributed by atoms with Gasteiger partial charge in [0.1, 0.15) is 5.75 Å². The molecule has 15 heavy (non-hydrogen) atoms. The third-order valence-corrected chi connectivity index (χ3v) is 2.81. The average Bonchev–Trinajstić information content (AvgIpc) is 2.06. The second-order valence-electron chi connectivity index (χ2n) is 3.40. The van der Waals surface area contributed by atoms with E-state index in [0.29, 0.717) is 0 Å². The molecule has 0 heterocycles. The molecule has 0 aliphatic carbocycles. The Bertz CT molecular complexity index is 429. The van der Waals surface area contributed by atoms with E-state index < -0.39 is 10.2 Å². The van der Waals surface area contributed by atoms with E-state index >= 15 is 0 Å². The lowest BCUT2D eigenvalue weighted by molar-refractivity contribution is 0.477. The van der Waals surface area contributed by atoms with E-state index in [1.54, 1.807) is 26.0 Å². The van der Waals surface area contributed by atoms with Crippen LogP contribution in [0, 0.1) is 0 Å². The maximum Gasteiger partial charge on any atom is 0.299 e. The van der Waals surface area contributed by atoms with Gasteiger partial charge in [-0.3, -0.25) is 4.72 Å². The van der Waals surface area contributed by atoms with Gasteiger partial charge >= 0.3 is 0 Å². The summed E-state index contributed by atoms with van der Waals surface area (Å²) in [7, 11) is -3.62. The van der Waals surface area contributed by atoms with E-state index in [2.05, 4.69) is 9.44 Å². The lowest BCUT2D eigenvalue weighted by atomic mass is 10.3. The predicted molar refractivity (Wildman–Crippen MR) is 58.9 cm³/mol. The zero-order valence-corrected chi connectivity index (χ0v) is 9.38. The van der Waals surface area contributed by atoms with E-state index in [0.717, 1.165) is 0 Å². The molecule has 0 fully saturated rings. The van der Waals surface area contributed by atoms with Crippen LogP contribution in [0.25, 0.3) is 0 Å². The third kappa shape index (κ3) is 3.77. The summed E-state index contributed by atoms with van der Waals surface area (Å²) < 4.78 is 27.4. The largest absolute Gasteiger partial charge is 0.506 e. The Balaban J connectivity index is 2.83. The second-order valence-corrected chi connectivity index (χ2v) is 4.84. The van der Waals surface area contributed by atoms with Crippen LogP contribution in [0.5, 0.6) is 5.75 Å². The van der Waals surface area contributed by atoms with Gasteiger partial charge in [0, 0.05) is 6.04 Å². The van der Waals surface area contributed by atoms with E-state index in [4.69, 9.17) is 0 Å². The van der Waals surface area contributed by atoms with E-state index in [1.807, 2.05) is 0 Å². The van der Waals surface area contributed by atoms with Crippen molar-refractivity contribution in [2.75, 3.05) is 4.72 Å². The van der Waals surface area contributed by atoms with Gasteiger partial charge in [-0.05, 0) is 26.0 Å². The minimum atomic E-state index is -3.62. The number of anilines is 1. The van der Waals surface area contributed by atoms with Crippen LogP contribution >= 0.6 is 0 Å². The minimum absolute atomic E-state index is 0.105. The molecule has 84 valence electrons. The standard InChI is InChI=1S/C9H14N2O3S/c1-7(2)10-15(13,14)11-8-5-3-4-6-9(8)12/h3-7,10-12H,1-2H3. The highest BCUT2D eigenvalue weighted by Gasteiger charge is 2.12. The van der Waals surface area contributed by atoms with Crippen molar-refractivity contribution in [3.63, 3.8) is 0 Å². The molecular formula is C9H14N2O3S. The first-order chi connectivity index (χ1) is 6.91. The number of aromatic hydroxyl groups is 1. The van der Waals surface area contributed by atoms with Gasteiger partial charge in [-0.2, -0.15) is 13.1 Å². The summed E-state index contributed by atoms with van der Waals surface area (Å²) in [6.07, 6.45) is 0. The van der Waals surface area contributed by atoms with Gasteiger partial charge in [0.15, 0.2) is 0 Å². The normalized spacial score (nSPS) is 11.7. The van der Waals surface area contributed by atoms with Crippen molar-refractivity contribution in [1.29, 1.82) is 0 Å². The summed E-state index contributed by atoms with van der Waals surface area (Å²) in [4.78, 5) is 0. The molecule has 3 N–H and O–H groups in total. The van der Waals surface area contributed by atoms with Crippen LogP contribution < -0.4 is 9.44 Å². The molecule has 0 amide bonds. The van der Waals surface area contributed by atoms with Gasteiger partial charge in [0.05, 0.1) is 5.69 Å². The zero-order valence-electron chi connectivity index (χ0n) is 8.56. The molecule has 0 spiro atoms. The number of hydrogen-bond donors (Lipinski definition) is 3. The molecule has 1 rings (SSSR count). The van der Waals surface area contributed by atoms with Gasteiger partial charge < -0.3 is 5.11 Å². The molecule has 0 saturated heterocycles. The molecule has 6 heteroatoms. The summed E-state index contributed by atoms with van der Waals surface area (Å²) in [5.41, 5.74) is 0.158. The van der Waals surface area contributed by atoms with Crippen LogP contribution in [0.1, 0.15) is 13.8 Å². The summed E-state index contributed by atoms with van der Waals surface area (Å²) in [6, 6.07) is 5.94. The maximum atomic E-state index is 11.4. The lowest BCUT2D eigenvalue weighted by Crippen LogP contribution is -2.35. The number of phenolic OH excluding ortho intramolecular Hbond substituents is 1. The Morgan fingerprint density at radius 3 is 2.40 bits per heavy atom. The van der Waals surface area contributed by atoms with Crippen LogP contribution in [0.4, 0.5) is 5.69 Å². The zero-order chi connectivity index (χ0) is 11.5. The predicted octanol–water partition coefficient (Wildman–Crippen LogP) is 1.05. The number of rotatable bonds is 4. The monoisotopic (exact) mass is 230 g/mol. The smallest absolute Gasteiger partial charge is 0.299 e. The van der Waals surface area contributed by atoms with E-state index in [1.165, 1.54) is 12.1 Å². The van der Waals surface area contributed by atoms with Gasteiger partial charge in [0.2, 0.25) is 0 Å². The molecule has 0 aliphatic rings. The summed E-state index contributed by atoms with van der Waals surface area (Å²) >= 11 is 0. The number of phenols is 1. The molecule has 5 nitrogen and oxygen atoms in total. The molecule has 0 aliphatic heterocycles. The topological polar surface area (TPSA) is 78.4 Å². The molecule has 0 aromatic heterocycles. The SMILES string of the molecule is CC(C)NS(=O)(=O)Nc1ccccc1O. The lowest BCUT2D eigenvalue weighted by Gasteiger charge is -2.12. The molecule has 1 aromatic carbocycles. The molecule has 0 atom stereocenters. The first-order valence-electron chi connectivity index (χ1n) is 4.49. The van der Waals surface area contributed by atoms with Crippen LogP contribution in [0.15, 0.2) is 24.3 Å². The Labute approximate surface area is 89.3 Å². The van der Waals surface area contributed by atoms with Crippen molar-refractivity contribution in [2.24, 2.45) is 0 Å². The molecule has 0 radical (unpaired) electrons. The Kier molecular flexibility index (Phi) is 3.54. The fourth-order valence-corrected chi connectivity index (χ4v) is 2.19. The Hall–Kier alpha value is -1.27. The second kappa shape index (κ2) is 4.50. The van der Waals surface area contributed by atoms with Crippen LogP contribution in [-0.2, 0) is 10.2 Å². The minimum Gasteiger partial charge on any atom is -0.506 e. The van der Waals surface area contributed by atoms with E-state index in [9.17, 15) is 13.5 Å². The highest BCUT2D eigenvalue weighted by molar-refractivity contribution is 7.90. The maximum absolute atomic E-state index is 11.4. The number of hydrogen-bond acceptors (Lipinski definition) is 3. The number of para-hydroxylation sites is 2. The highest BCUT2D eigenvalue weighted by atomic mass is 32.2. The van der Waals surface area contributed by atoms with Gasteiger partial charge in [0.25, 0.3) is 10.2 Å². The first kappa shape index (κ1) is 11.8. The third-order valence-electron chi connectivity index (χ3n) is 1.54. The molecule has 1 aromatic rings. The number of nitrogens with one attached hydrogen (secondary N) is 2. The fourth-order valence-electron chi connectivity index (χ4n) is 1.04. The average molecular weight is 230 g/mol. The van der Waals surface area contributed by atoms with Crippen molar-refractivity contribution in [3.8, 4) is 5.75 Å². The summed E-state index contributed by atoms with van der Waals surface area (Å²) in [6.45, 7) is 3.42. The van der Waals surface area contributed by atoms with Crippen molar-refractivity contribution in [3.05, 3.63) is 24.3 Å². The van der Waals surface area contributed by atoms with Gasteiger partial charge in [-0.1, -0.05) is 12.1 Å². The molecular weight excluding hydrogens is 216 g/mol. The quantitative estimate of drug-likeness (QED) is 0.676. The van der Waals surface area contributed by atoms with Crippen molar-refractivity contribution in [2.45, 2.75) is 19.9 Å². The van der Waals surface area contributed by atoms with Gasteiger partial charge in [-0.25, -0.2) is 0 Å². The van der Waals surface area contributed by atoms with Crippen molar-refractivity contribution < 1.29 is 13.5 Å². The van der Waals surface area contributed by atoms with Crippen LogP contribution in [0.3, 0.4) is 0 Å². The fraction of sp³-hybridized carbons (Fsp3) is 0.333. The van der Waals surface area contributed by atoms with E-state index in [-0.39, 0.29) is 17.5 Å². The Morgan fingerprint density at radius 1 is 1.27 bits per heavy atom. The molecule has 0 bridgehead atoms. The first-order valence-corrected chi connectivity index (χ1v) is 5.97. The molecule has 0 unspecified atom stereocenters. The summed E-state index contributed by atoms with van der Waals surface area (Å²) in [5, 5.41) is 9.35. The van der Waals surface area contributed by atoms with Crippen LogP contribution in [0.2, 0.25) is 0 Å².